The third-order valence-electron chi connectivity index (χ3n) is 4.48. The van der Waals surface area contributed by atoms with Gasteiger partial charge in [-0.1, -0.05) is 13.8 Å². The zero-order chi connectivity index (χ0) is 16.1. The molecular weight excluding hydrogens is 284 g/mol. The van der Waals surface area contributed by atoms with Gasteiger partial charge in [0.2, 0.25) is 17.7 Å². The third kappa shape index (κ3) is 3.76. The van der Waals surface area contributed by atoms with Gasteiger partial charge in [-0.15, -0.1) is 0 Å². The number of nitrogens with one attached hydrogen (secondary N) is 1. The Morgan fingerprint density at radius 1 is 1.32 bits per heavy atom. The Morgan fingerprint density at radius 2 is 2.05 bits per heavy atom. The van der Waals surface area contributed by atoms with Crippen LogP contribution in [-0.4, -0.2) is 84.3 Å². The van der Waals surface area contributed by atoms with Gasteiger partial charge in [-0.05, 0) is 25.9 Å². The Morgan fingerprint density at radius 3 is 2.73 bits per heavy atom. The van der Waals surface area contributed by atoms with Crippen molar-refractivity contribution in [2.24, 2.45) is 0 Å². The molecule has 124 valence electrons. The number of amides is 3. The molecule has 1 unspecified atom stereocenters. The SMILES string of the molecule is CCN(CC)CCNC(=O)CN1CC(=O)N2CCCC2C1=O. The fraction of sp³-hybridized carbons (Fsp3) is 0.800. The number of carbonyl (C=O) groups is 3. The molecule has 0 aromatic carbocycles. The molecule has 3 amide bonds. The molecule has 0 saturated carbocycles. The smallest absolute Gasteiger partial charge is 0.246 e. The summed E-state index contributed by atoms with van der Waals surface area (Å²) in [5.74, 6) is -0.325. The van der Waals surface area contributed by atoms with Crippen LogP contribution in [0.4, 0.5) is 0 Å². The largest absolute Gasteiger partial charge is 0.353 e. The maximum Gasteiger partial charge on any atom is 0.246 e. The van der Waals surface area contributed by atoms with E-state index in [0.29, 0.717) is 19.5 Å². The van der Waals surface area contributed by atoms with Gasteiger partial charge in [-0.2, -0.15) is 0 Å². The van der Waals surface area contributed by atoms with Crippen molar-refractivity contribution in [2.75, 3.05) is 45.8 Å². The molecule has 2 aliphatic heterocycles. The van der Waals surface area contributed by atoms with E-state index >= 15 is 0 Å². The molecule has 1 atom stereocenters. The Hall–Kier alpha value is -1.63. The van der Waals surface area contributed by atoms with Gasteiger partial charge in [0.15, 0.2) is 0 Å². The number of rotatable bonds is 7. The van der Waals surface area contributed by atoms with E-state index in [4.69, 9.17) is 0 Å². The highest BCUT2D eigenvalue weighted by molar-refractivity contribution is 5.97. The van der Waals surface area contributed by atoms with E-state index in [2.05, 4.69) is 24.1 Å². The molecule has 2 aliphatic rings. The number of carbonyl (C=O) groups excluding carboxylic acids is 3. The highest BCUT2D eigenvalue weighted by Gasteiger charge is 2.42. The summed E-state index contributed by atoms with van der Waals surface area (Å²) in [6.07, 6.45) is 1.58. The van der Waals surface area contributed by atoms with Crippen LogP contribution in [0, 0.1) is 0 Å². The molecule has 7 nitrogen and oxygen atoms in total. The van der Waals surface area contributed by atoms with Gasteiger partial charge in [0, 0.05) is 19.6 Å². The van der Waals surface area contributed by atoms with Crippen LogP contribution in [0.25, 0.3) is 0 Å². The maximum atomic E-state index is 12.3. The van der Waals surface area contributed by atoms with Gasteiger partial charge in [0.05, 0.1) is 0 Å². The van der Waals surface area contributed by atoms with Crippen molar-refractivity contribution < 1.29 is 14.4 Å². The molecule has 0 radical (unpaired) electrons. The molecule has 2 fully saturated rings. The third-order valence-corrected chi connectivity index (χ3v) is 4.48. The standard InChI is InChI=1S/C15H26N4O3/c1-3-17(4-2)9-7-16-13(20)10-18-11-14(21)19-8-5-6-12(19)15(18)22/h12H,3-11H2,1-2H3,(H,16,20). The Bertz CT molecular complexity index is 437. The predicted molar refractivity (Wildman–Crippen MR) is 82.1 cm³/mol. The molecule has 0 spiro atoms. The van der Waals surface area contributed by atoms with E-state index in [1.165, 1.54) is 4.90 Å². The lowest BCUT2D eigenvalue weighted by atomic mass is 10.1. The summed E-state index contributed by atoms with van der Waals surface area (Å²) in [5, 5.41) is 2.82. The average Bonchev–Trinajstić information content (AvgIpc) is 2.99. The fourth-order valence-corrected chi connectivity index (χ4v) is 3.12. The lowest BCUT2D eigenvalue weighted by Gasteiger charge is -2.36. The normalized spacial score (nSPS) is 21.5. The highest BCUT2D eigenvalue weighted by Crippen LogP contribution is 2.23. The Labute approximate surface area is 131 Å². The van der Waals surface area contributed by atoms with Crippen molar-refractivity contribution >= 4 is 17.7 Å². The second-order valence-electron chi connectivity index (χ2n) is 5.82. The highest BCUT2D eigenvalue weighted by atomic mass is 16.2. The zero-order valence-corrected chi connectivity index (χ0v) is 13.5. The summed E-state index contributed by atoms with van der Waals surface area (Å²) in [4.78, 5) is 41.5. The van der Waals surface area contributed by atoms with Crippen molar-refractivity contribution in [2.45, 2.75) is 32.7 Å². The monoisotopic (exact) mass is 310 g/mol. The summed E-state index contributed by atoms with van der Waals surface area (Å²) in [6, 6.07) is -0.343. The van der Waals surface area contributed by atoms with E-state index < -0.39 is 0 Å². The van der Waals surface area contributed by atoms with E-state index in [1.54, 1.807) is 4.90 Å². The summed E-state index contributed by atoms with van der Waals surface area (Å²) in [6.45, 7) is 8.08. The minimum Gasteiger partial charge on any atom is -0.353 e. The Balaban J connectivity index is 1.79. The van der Waals surface area contributed by atoms with E-state index in [0.717, 1.165) is 26.1 Å². The number of hydrogen-bond acceptors (Lipinski definition) is 4. The predicted octanol–water partition coefficient (Wildman–Crippen LogP) is -0.722. The quantitative estimate of drug-likeness (QED) is 0.673. The first kappa shape index (κ1) is 16.7. The Kier molecular flexibility index (Phi) is 5.76. The van der Waals surface area contributed by atoms with E-state index in [-0.39, 0.29) is 36.9 Å². The van der Waals surface area contributed by atoms with Crippen molar-refractivity contribution in [3.63, 3.8) is 0 Å². The molecule has 7 heteroatoms. The molecule has 1 N–H and O–H groups in total. The van der Waals surface area contributed by atoms with Gasteiger partial charge >= 0.3 is 0 Å². The van der Waals surface area contributed by atoms with Gasteiger partial charge in [0.1, 0.15) is 19.1 Å². The van der Waals surface area contributed by atoms with Crippen molar-refractivity contribution in [1.29, 1.82) is 0 Å². The maximum absolute atomic E-state index is 12.3. The molecule has 0 bridgehead atoms. The van der Waals surface area contributed by atoms with Gasteiger partial charge in [-0.25, -0.2) is 0 Å². The summed E-state index contributed by atoms with van der Waals surface area (Å²) in [7, 11) is 0. The first-order valence-electron chi connectivity index (χ1n) is 8.14. The summed E-state index contributed by atoms with van der Waals surface area (Å²) in [5.41, 5.74) is 0. The molecule has 0 aromatic heterocycles. The van der Waals surface area contributed by atoms with Crippen molar-refractivity contribution in [3.05, 3.63) is 0 Å². The zero-order valence-electron chi connectivity index (χ0n) is 13.5. The number of piperazine rings is 1. The minimum absolute atomic E-state index is 0.0207. The first-order chi connectivity index (χ1) is 10.6. The molecule has 2 saturated heterocycles. The van der Waals surface area contributed by atoms with Gasteiger partial charge in [0.25, 0.3) is 0 Å². The second-order valence-corrected chi connectivity index (χ2v) is 5.82. The van der Waals surface area contributed by atoms with Gasteiger partial charge < -0.3 is 20.0 Å². The molecule has 22 heavy (non-hydrogen) atoms. The van der Waals surface area contributed by atoms with Crippen LogP contribution >= 0.6 is 0 Å². The summed E-state index contributed by atoms with van der Waals surface area (Å²) < 4.78 is 0. The average molecular weight is 310 g/mol. The molecular formula is C15H26N4O3. The summed E-state index contributed by atoms with van der Waals surface area (Å²) >= 11 is 0. The van der Waals surface area contributed by atoms with Crippen LogP contribution in [0.1, 0.15) is 26.7 Å². The van der Waals surface area contributed by atoms with Crippen LogP contribution in [0.2, 0.25) is 0 Å². The second kappa shape index (κ2) is 7.58. The molecule has 2 heterocycles. The number of nitrogens with zero attached hydrogens (tertiary/aromatic N) is 3. The lowest BCUT2D eigenvalue weighted by molar-refractivity contribution is -0.154. The van der Waals surface area contributed by atoms with Crippen LogP contribution in [0.15, 0.2) is 0 Å². The number of fused-ring (bicyclic) bond motifs is 1. The van der Waals surface area contributed by atoms with Crippen LogP contribution in [-0.2, 0) is 14.4 Å². The first-order valence-corrected chi connectivity index (χ1v) is 8.14. The van der Waals surface area contributed by atoms with Crippen LogP contribution in [0.5, 0.6) is 0 Å². The molecule has 2 rings (SSSR count). The molecule has 0 aromatic rings. The van der Waals surface area contributed by atoms with E-state index in [1.807, 2.05) is 0 Å². The molecule has 0 aliphatic carbocycles. The van der Waals surface area contributed by atoms with E-state index in [9.17, 15) is 14.4 Å². The van der Waals surface area contributed by atoms with Crippen molar-refractivity contribution in [3.8, 4) is 0 Å². The number of hydrogen-bond donors (Lipinski definition) is 1. The van der Waals surface area contributed by atoms with Crippen LogP contribution < -0.4 is 5.32 Å². The number of likely N-dealkylation sites (N-methyl/N-ethyl adjacent to an activating group) is 1. The minimum atomic E-state index is -0.343. The van der Waals surface area contributed by atoms with Gasteiger partial charge in [-0.3, -0.25) is 14.4 Å². The fourth-order valence-electron chi connectivity index (χ4n) is 3.12. The topological polar surface area (TPSA) is 73.0 Å². The van der Waals surface area contributed by atoms with Crippen LogP contribution in [0.3, 0.4) is 0 Å². The lowest BCUT2D eigenvalue weighted by Crippen LogP contribution is -2.59. The van der Waals surface area contributed by atoms with Crippen molar-refractivity contribution in [1.82, 2.24) is 20.0 Å².